The Kier molecular flexibility index (Phi) is 4.87. The van der Waals surface area contributed by atoms with E-state index in [0.29, 0.717) is 16.1 Å². The first-order valence-electron chi connectivity index (χ1n) is 8.24. The van der Waals surface area contributed by atoms with Crippen LogP contribution in [0.5, 0.6) is 0 Å². The van der Waals surface area contributed by atoms with Gasteiger partial charge in [0, 0.05) is 25.0 Å². The summed E-state index contributed by atoms with van der Waals surface area (Å²) < 4.78 is 2.91. The van der Waals surface area contributed by atoms with Crippen molar-refractivity contribution in [2.75, 3.05) is 5.32 Å². The van der Waals surface area contributed by atoms with E-state index in [4.69, 9.17) is 0 Å². The number of anilines is 1. The van der Waals surface area contributed by atoms with Crippen LogP contribution in [0.1, 0.15) is 6.92 Å². The Hall–Kier alpha value is -2.78. The fourth-order valence-electron chi connectivity index (χ4n) is 2.51. The van der Waals surface area contributed by atoms with Crippen LogP contribution in [-0.2, 0) is 11.8 Å². The van der Waals surface area contributed by atoms with E-state index in [9.17, 15) is 4.79 Å². The molecule has 136 valence electrons. The molecule has 9 heteroatoms. The number of carbonyl (C=O) groups excluding carboxylic acids is 1. The normalized spacial score (nSPS) is 12.2. The topological polar surface area (TPSA) is 85.6 Å². The SMILES string of the molecule is C[C@@H](Sc1nnc(-c2cccnc2)n1C)C(=O)Nc1nc2ccccc2s1. The summed E-state index contributed by atoms with van der Waals surface area (Å²) in [7, 11) is 1.88. The second-order valence-corrected chi connectivity index (χ2v) is 8.18. The number of nitrogens with zero attached hydrogens (tertiary/aromatic N) is 5. The van der Waals surface area contributed by atoms with E-state index in [-0.39, 0.29) is 11.2 Å². The van der Waals surface area contributed by atoms with Crippen LogP contribution >= 0.6 is 23.1 Å². The van der Waals surface area contributed by atoms with Crippen molar-refractivity contribution in [2.45, 2.75) is 17.3 Å². The van der Waals surface area contributed by atoms with E-state index in [1.165, 1.54) is 23.1 Å². The molecule has 0 radical (unpaired) electrons. The van der Waals surface area contributed by atoms with Gasteiger partial charge in [-0.25, -0.2) is 4.98 Å². The number of nitrogens with one attached hydrogen (secondary N) is 1. The number of fused-ring (bicyclic) bond motifs is 1. The van der Waals surface area contributed by atoms with Gasteiger partial charge in [0.15, 0.2) is 16.1 Å². The first-order chi connectivity index (χ1) is 13.1. The van der Waals surface area contributed by atoms with Gasteiger partial charge in [0.25, 0.3) is 0 Å². The van der Waals surface area contributed by atoms with Crippen molar-refractivity contribution in [2.24, 2.45) is 7.05 Å². The van der Waals surface area contributed by atoms with Gasteiger partial charge < -0.3 is 9.88 Å². The molecule has 1 aromatic carbocycles. The summed E-state index contributed by atoms with van der Waals surface area (Å²) in [6.45, 7) is 1.84. The van der Waals surface area contributed by atoms with Gasteiger partial charge in [-0.15, -0.1) is 10.2 Å². The first-order valence-corrected chi connectivity index (χ1v) is 9.94. The summed E-state index contributed by atoms with van der Waals surface area (Å²) in [5.41, 5.74) is 1.76. The summed E-state index contributed by atoms with van der Waals surface area (Å²) in [4.78, 5) is 21.1. The highest BCUT2D eigenvalue weighted by atomic mass is 32.2. The molecular weight excluding hydrogens is 380 g/mol. The number of pyridine rings is 1. The zero-order chi connectivity index (χ0) is 18.8. The van der Waals surface area contributed by atoms with Crippen molar-refractivity contribution in [3.63, 3.8) is 0 Å². The van der Waals surface area contributed by atoms with Crippen molar-refractivity contribution in [3.05, 3.63) is 48.8 Å². The number of hydrogen-bond acceptors (Lipinski definition) is 7. The highest BCUT2D eigenvalue weighted by Crippen LogP contribution is 2.28. The Morgan fingerprint density at radius 1 is 1.22 bits per heavy atom. The Labute approximate surface area is 163 Å². The molecule has 0 fully saturated rings. The van der Waals surface area contributed by atoms with Gasteiger partial charge in [0.05, 0.1) is 15.5 Å². The molecule has 0 saturated carbocycles. The van der Waals surface area contributed by atoms with Crippen LogP contribution in [0.3, 0.4) is 0 Å². The van der Waals surface area contributed by atoms with Crippen molar-refractivity contribution in [3.8, 4) is 11.4 Å². The molecule has 0 spiro atoms. The number of thiazole rings is 1. The molecule has 0 unspecified atom stereocenters. The summed E-state index contributed by atoms with van der Waals surface area (Å²) in [5, 5.41) is 12.2. The molecule has 4 aromatic rings. The predicted octanol–water partition coefficient (Wildman–Crippen LogP) is 3.61. The number of para-hydroxylation sites is 1. The van der Waals surface area contributed by atoms with E-state index in [2.05, 4.69) is 25.5 Å². The molecule has 3 heterocycles. The Morgan fingerprint density at radius 2 is 2.07 bits per heavy atom. The second-order valence-electron chi connectivity index (χ2n) is 5.84. The van der Waals surface area contributed by atoms with Gasteiger partial charge in [0.1, 0.15) is 0 Å². The van der Waals surface area contributed by atoms with Crippen molar-refractivity contribution >= 4 is 44.4 Å². The maximum atomic E-state index is 12.5. The van der Waals surface area contributed by atoms with Crippen LogP contribution in [0.25, 0.3) is 21.6 Å². The Morgan fingerprint density at radius 3 is 2.85 bits per heavy atom. The summed E-state index contributed by atoms with van der Waals surface area (Å²) in [5.74, 6) is 0.592. The Bertz CT molecular complexity index is 1060. The van der Waals surface area contributed by atoms with Crippen LogP contribution in [0.15, 0.2) is 53.9 Å². The third-order valence-electron chi connectivity index (χ3n) is 3.93. The third-order valence-corrected chi connectivity index (χ3v) is 6.02. The lowest BCUT2D eigenvalue weighted by Crippen LogP contribution is -2.22. The molecule has 0 bridgehead atoms. The molecule has 1 N–H and O–H groups in total. The molecule has 0 aliphatic heterocycles. The van der Waals surface area contributed by atoms with E-state index >= 15 is 0 Å². The first kappa shape index (κ1) is 17.6. The molecular formula is C18H16N6OS2. The zero-order valence-electron chi connectivity index (χ0n) is 14.7. The monoisotopic (exact) mass is 396 g/mol. The van der Waals surface area contributed by atoms with Crippen molar-refractivity contribution < 1.29 is 4.79 Å². The predicted molar refractivity (Wildman–Crippen MR) is 108 cm³/mol. The lowest BCUT2D eigenvalue weighted by molar-refractivity contribution is -0.115. The van der Waals surface area contributed by atoms with Gasteiger partial charge in [-0.3, -0.25) is 9.78 Å². The lowest BCUT2D eigenvalue weighted by Gasteiger charge is -2.10. The molecule has 1 amide bonds. The maximum absolute atomic E-state index is 12.5. The Balaban J connectivity index is 1.46. The fraction of sp³-hybridized carbons (Fsp3) is 0.167. The number of benzene rings is 1. The number of carbonyl (C=O) groups is 1. The molecule has 0 aliphatic carbocycles. The molecule has 0 saturated heterocycles. The van der Waals surface area contributed by atoms with Crippen LogP contribution in [-0.4, -0.2) is 35.9 Å². The van der Waals surface area contributed by atoms with Gasteiger partial charge >= 0.3 is 0 Å². The average molecular weight is 397 g/mol. The van der Waals surface area contributed by atoms with Gasteiger partial charge in [-0.05, 0) is 31.2 Å². The minimum atomic E-state index is -0.346. The largest absolute Gasteiger partial charge is 0.305 e. The van der Waals surface area contributed by atoms with E-state index in [1.54, 1.807) is 12.4 Å². The highest BCUT2D eigenvalue weighted by Gasteiger charge is 2.20. The molecule has 0 aliphatic rings. The maximum Gasteiger partial charge on any atom is 0.239 e. The van der Waals surface area contributed by atoms with Crippen LogP contribution in [0.4, 0.5) is 5.13 Å². The summed E-state index contributed by atoms with van der Waals surface area (Å²) in [6.07, 6.45) is 3.45. The number of rotatable bonds is 5. The van der Waals surface area contributed by atoms with Gasteiger partial charge in [-0.1, -0.05) is 35.2 Å². The molecule has 7 nitrogen and oxygen atoms in total. The van der Waals surface area contributed by atoms with Gasteiger partial charge in [0.2, 0.25) is 5.91 Å². The van der Waals surface area contributed by atoms with E-state index in [1.807, 2.05) is 54.9 Å². The second kappa shape index (κ2) is 7.45. The van der Waals surface area contributed by atoms with E-state index in [0.717, 1.165) is 15.8 Å². The van der Waals surface area contributed by atoms with Crippen molar-refractivity contribution in [1.82, 2.24) is 24.7 Å². The minimum Gasteiger partial charge on any atom is -0.305 e. The molecule has 3 aromatic heterocycles. The minimum absolute atomic E-state index is 0.120. The molecule has 4 rings (SSSR count). The third kappa shape index (κ3) is 3.69. The fourth-order valence-corrected chi connectivity index (χ4v) is 4.19. The smallest absolute Gasteiger partial charge is 0.239 e. The number of aromatic nitrogens is 5. The zero-order valence-corrected chi connectivity index (χ0v) is 16.3. The van der Waals surface area contributed by atoms with Crippen LogP contribution in [0.2, 0.25) is 0 Å². The van der Waals surface area contributed by atoms with E-state index < -0.39 is 0 Å². The van der Waals surface area contributed by atoms with Crippen molar-refractivity contribution in [1.29, 1.82) is 0 Å². The van der Waals surface area contributed by atoms with Gasteiger partial charge in [-0.2, -0.15) is 0 Å². The van der Waals surface area contributed by atoms with Crippen LogP contribution < -0.4 is 5.32 Å². The molecule has 27 heavy (non-hydrogen) atoms. The highest BCUT2D eigenvalue weighted by molar-refractivity contribution is 8.00. The summed E-state index contributed by atoms with van der Waals surface area (Å²) in [6, 6.07) is 11.6. The number of hydrogen-bond donors (Lipinski definition) is 1. The van der Waals surface area contributed by atoms with Crippen LogP contribution in [0, 0.1) is 0 Å². The molecule has 1 atom stereocenters. The number of amides is 1. The number of thioether (sulfide) groups is 1. The lowest BCUT2D eigenvalue weighted by atomic mass is 10.3. The standard InChI is InChI=1S/C18H16N6OS2/c1-11(16(25)21-17-20-13-7-3-4-8-14(13)27-17)26-18-23-22-15(24(18)2)12-6-5-9-19-10-12/h3-11H,1-2H3,(H,20,21,25)/t11-/m1/s1. The average Bonchev–Trinajstić information content (AvgIpc) is 3.25. The quantitative estimate of drug-likeness (QED) is 0.519. The summed E-state index contributed by atoms with van der Waals surface area (Å²) >= 11 is 2.82.